The van der Waals surface area contributed by atoms with E-state index in [1.165, 1.54) is 6.33 Å². The standard InChI is InChI=1S/C22H24N6O2/c1-4-30-26-16(2)18-8-9-21-20(11-18)24-15-28(21)19-7-5-6-17(10-19)12-29-13-22-23-14-25-27(22)3/h5-11,14-15,26H,2,4,12-13H2,1,3H3. The van der Waals surface area contributed by atoms with Gasteiger partial charge >= 0.3 is 0 Å². The summed E-state index contributed by atoms with van der Waals surface area (Å²) in [5.74, 6) is 0.794. The van der Waals surface area contributed by atoms with Crippen molar-refractivity contribution in [3.8, 4) is 5.69 Å². The second-order valence-electron chi connectivity index (χ2n) is 6.79. The predicted octanol–water partition coefficient (Wildman–Crippen LogP) is 3.38. The lowest BCUT2D eigenvalue weighted by Crippen LogP contribution is -2.11. The van der Waals surface area contributed by atoms with E-state index in [9.17, 15) is 0 Å². The molecule has 154 valence electrons. The van der Waals surface area contributed by atoms with Gasteiger partial charge in [0.05, 0.1) is 29.9 Å². The molecule has 0 saturated heterocycles. The average Bonchev–Trinajstić information content (AvgIpc) is 3.38. The van der Waals surface area contributed by atoms with Gasteiger partial charge in [0.1, 0.15) is 19.3 Å². The van der Waals surface area contributed by atoms with Crippen LogP contribution in [0.2, 0.25) is 0 Å². The maximum Gasteiger partial charge on any atom is 0.152 e. The quantitative estimate of drug-likeness (QED) is 0.431. The lowest BCUT2D eigenvalue weighted by Gasteiger charge is -2.10. The number of nitrogens with one attached hydrogen (secondary N) is 1. The molecule has 2 aromatic carbocycles. The first-order chi connectivity index (χ1) is 14.7. The Hall–Kier alpha value is -3.49. The van der Waals surface area contributed by atoms with Crippen molar-refractivity contribution < 1.29 is 9.57 Å². The van der Waals surface area contributed by atoms with Gasteiger partial charge in [-0.3, -0.25) is 19.6 Å². The molecule has 0 spiro atoms. The minimum atomic E-state index is 0.414. The van der Waals surface area contributed by atoms with Crippen LogP contribution in [-0.2, 0) is 29.8 Å². The summed E-state index contributed by atoms with van der Waals surface area (Å²) in [4.78, 5) is 13.9. The lowest BCUT2D eigenvalue weighted by molar-refractivity contribution is 0.0901. The Morgan fingerprint density at radius 2 is 2.03 bits per heavy atom. The Balaban J connectivity index is 1.50. The Morgan fingerprint density at radius 3 is 2.83 bits per heavy atom. The fourth-order valence-corrected chi connectivity index (χ4v) is 3.13. The number of hydroxylamine groups is 1. The molecule has 0 bridgehead atoms. The van der Waals surface area contributed by atoms with Gasteiger partial charge in [0.25, 0.3) is 0 Å². The van der Waals surface area contributed by atoms with Crippen LogP contribution in [0.15, 0.2) is 61.7 Å². The van der Waals surface area contributed by atoms with Gasteiger partial charge in [-0.2, -0.15) is 5.10 Å². The normalized spacial score (nSPS) is 11.1. The van der Waals surface area contributed by atoms with Crippen molar-refractivity contribution in [2.75, 3.05) is 6.61 Å². The molecule has 0 aliphatic rings. The van der Waals surface area contributed by atoms with E-state index in [1.54, 1.807) is 4.68 Å². The highest BCUT2D eigenvalue weighted by atomic mass is 16.6. The highest BCUT2D eigenvalue weighted by molar-refractivity contribution is 5.81. The Labute approximate surface area is 174 Å². The summed E-state index contributed by atoms with van der Waals surface area (Å²) in [6.45, 7) is 7.38. The molecule has 0 amide bonds. The van der Waals surface area contributed by atoms with Crippen molar-refractivity contribution in [2.45, 2.75) is 20.1 Å². The van der Waals surface area contributed by atoms with E-state index in [0.29, 0.717) is 25.5 Å². The van der Waals surface area contributed by atoms with Gasteiger partial charge in [-0.05, 0) is 36.8 Å². The third-order valence-corrected chi connectivity index (χ3v) is 4.73. The SMILES string of the molecule is C=C(NOCC)c1ccc2c(c1)ncn2-c1cccc(COCc2ncnn2C)c1. The summed E-state index contributed by atoms with van der Waals surface area (Å²) in [5.41, 5.74) is 8.48. The molecule has 4 rings (SSSR count). The van der Waals surface area contributed by atoms with Gasteiger partial charge in [-0.15, -0.1) is 0 Å². The van der Waals surface area contributed by atoms with Crippen LogP contribution in [0, 0.1) is 0 Å². The zero-order valence-electron chi connectivity index (χ0n) is 17.1. The molecule has 2 aromatic heterocycles. The van der Waals surface area contributed by atoms with E-state index in [2.05, 4.69) is 43.8 Å². The Kier molecular flexibility index (Phi) is 5.87. The van der Waals surface area contributed by atoms with E-state index in [1.807, 2.05) is 50.6 Å². The van der Waals surface area contributed by atoms with Crippen LogP contribution < -0.4 is 5.48 Å². The molecule has 0 aliphatic carbocycles. The lowest BCUT2D eigenvalue weighted by atomic mass is 10.1. The Bertz CT molecular complexity index is 1160. The summed E-state index contributed by atoms with van der Waals surface area (Å²) < 4.78 is 9.57. The number of ether oxygens (including phenoxy) is 1. The molecular formula is C22H24N6O2. The molecule has 0 aliphatic heterocycles. The minimum Gasteiger partial charge on any atom is -0.369 e. The molecule has 0 fully saturated rings. The minimum absolute atomic E-state index is 0.414. The predicted molar refractivity (Wildman–Crippen MR) is 114 cm³/mol. The summed E-state index contributed by atoms with van der Waals surface area (Å²) in [6, 6.07) is 14.2. The first-order valence-corrected chi connectivity index (χ1v) is 9.70. The van der Waals surface area contributed by atoms with Crippen LogP contribution in [0.25, 0.3) is 22.4 Å². The van der Waals surface area contributed by atoms with E-state index in [0.717, 1.165) is 33.7 Å². The topological polar surface area (TPSA) is 79.0 Å². The number of hydrogen-bond acceptors (Lipinski definition) is 6. The summed E-state index contributed by atoms with van der Waals surface area (Å²) in [6.07, 6.45) is 3.35. The zero-order valence-corrected chi connectivity index (χ0v) is 17.1. The summed E-state index contributed by atoms with van der Waals surface area (Å²) in [5, 5.41) is 4.05. The molecule has 8 heteroatoms. The largest absolute Gasteiger partial charge is 0.369 e. The summed E-state index contributed by atoms with van der Waals surface area (Å²) >= 11 is 0. The van der Waals surface area contributed by atoms with Crippen LogP contribution in [0.4, 0.5) is 0 Å². The van der Waals surface area contributed by atoms with Gasteiger partial charge in [0.15, 0.2) is 5.82 Å². The third-order valence-electron chi connectivity index (χ3n) is 4.73. The first kappa shape index (κ1) is 19.8. The second kappa shape index (κ2) is 8.89. The number of fused-ring (bicyclic) bond motifs is 1. The fraction of sp³-hybridized carbons (Fsp3) is 0.227. The maximum atomic E-state index is 5.80. The highest BCUT2D eigenvalue weighted by Crippen LogP contribution is 2.22. The number of aryl methyl sites for hydroxylation is 1. The van der Waals surface area contributed by atoms with Crippen molar-refractivity contribution in [2.24, 2.45) is 7.05 Å². The fourth-order valence-electron chi connectivity index (χ4n) is 3.13. The van der Waals surface area contributed by atoms with E-state index >= 15 is 0 Å². The molecule has 2 heterocycles. The van der Waals surface area contributed by atoms with E-state index in [4.69, 9.17) is 9.57 Å². The molecular weight excluding hydrogens is 380 g/mol. The van der Waals surface area contributed by atoms with E-state index in [-0.39, 0.29) is 0 Å². The van der Waals surface area contributed by atoms with Gasteiger partial charge in [0, 0.05) is 18.3 Å². The molecule has 0 saturated carbocycles. The number of nitrogens with zero attached hydrogens (tertiary/aromatic N) is 5. The maximum absolute atomic E-state index is 5.80. The average molecular weight is 404 g/mol. The van der Waals surface area contributed by atoms with E-state index < -0.39 is 0 Å². The third kappa shape index (κ3) is 4.24. The van der Waals surface area contributed by atoms with Crippen molar-refractivity contribution in [1.29, 1.82) is 0 Å². The van der Waals surface area contributed by atoms with Gasteiger partial charge in [0.2, 0.25) is 0 Å². The monoisotopic (exact) mass is 404 g/mol. The van der Waals surface area contributed by atoms with Gasteiger partial charge in [-0.25, -0.2) is 9.97 Å². The number of aromatic nitrogens is 5. The molecule has 8 nitrogen and oxygen atoms in total. The van der Waals surface area contributed by atoms with Crippen molar-refractivity contribution in [1.82, 2.24) is 29.8 Å². The second-order valence-corrected chi connectivity index (χ2v) is 6.79. The van der Waals surface area contributed by atoms with Crippen LogP contribution in [-0.4, -0.2) is 30.9 Å². The molecule has 0 radical (unpaired) electrons. The smallest absolute Gasteiger partial charge is 0.152 e. The van der Waals surface area contributed by atoms with Crippen LogP contribution in [0.5, 0.6) is 0 Å². The van der Waals surface area contributed by atoms with Crippen molar-refractivity contribution >= 4 is 16.7 Å². The van der Waals surface area contributed by atoms with Crippen LogP contribution in [0.3, 0.4) is 0 Å². The molecule has 0 unspecified atom stereocenters. The van der Waals surface area contributed by atoms with Crippen LogP contribution in [0.1, 0.15) is 23.9 Å². The molecule has 0 atom stereocenters. The highest BCUT2D eigenvalue weighted by Gasteiger charge is 2.08. The van der Waals surface area contributed by atoms with Gasteiger partial charge in [-0.1, -0.05) is 24.8 Å². The number of benzene rings is 2. The molecule has 4 aromatic rings. The van der Waals surface area contributed by atoms with Crippen molar-refractivity contribution in [3.63, 3.8) is 0 Å². The molecule has 30 heavy (non-hydrogen) atoms. The first-order valence-electron chi connectivity index (χ1n) is 9.70. The number of rotatable bonds is 9. The van der Waals surface area contributed by atoms with Crippen LogP contribution >= 0.6 is 0 Å². The number of imidazole rings is 1. The Morgan fingerprint density at radius 1 is 1.13 bits per heavy atom. The summed E-state index contributed by atoms with van der Waals surface area (Å²) in [7, 11) is 1.85. The molecule has 1 N–H and O–H groups in total. The number of hydrogen-bond donors (Lipinski definition) is 1. The van der Waals surface area contributed by atoms with Gasteiger partial charge < -0.3 is 4.74 Å². The van der Waals surface area contributed by atoms with Crippen molar-refractivity contribution in [3.05, 3.63) is 78.6 Å². The zero-order chi connectivity index (χ0) is 20.9.